The van der Waals surface area contributed by atoms with E-state index in [1.165, 1.54) is 0 Å². The first-order chi connectivity index (χ1) is 9.04. The van der Waals surface area contributed by atoms with Gasteiger partial charge < -0.3 is 14.8 Å². The van der Waals surface area contributed by atoms with Crippen LogP contribution in [-0.4, -0.2) is 41.6 Å². The normalized spacial score (nSPS) is 19.4. The lowest BCUT2D eigenvalue weighted by molar-refractivity contribution is 0.0724. The molecule has 1 aliphatic heterocycles. The van der Waals surface area contributed by atoms with Crippen LogP contribution in [0.5, 0.6) is 0 Å². The number of amides is 1. The SMILES string of the molecule is CNC[C@@H]1CCCN1C(=O)c1cc(Br)cn1C(C)C. The lowest BCUT2D eigenvalue weighted by atomic mass is 10.2. The van der Waals surface area contributed by atoms with Crippen molar-refractivity contribution in [2.24, 2.45) is 0 Å². The Hall–Kier alpha value is -0.810. The van der Waals surface area contributed by atoms with Crippen LogP contribution in [0.3, 0.4) is 0 Å². The third kappa shape index (κ3) is 3.03. The van der Waals surface area contributed by atoms with E-state index in [-0.39, 0.29) is 11.9 Å². The molecule has 1 aromatic heterocycles. The summed E-state index contributed by atoms with van der Waals surface area (Å²) in [6, 6.07) is 2.54. The van der Waals surface area contributed by atoms with Crippen molar-refractivity contribution >= 4 is 21.8 Å². The Morgan fingerprint density at radius 1 is 1.58 bits per heavy atom. The predicted molar refractivity (Wildman–Crippen MR) is 80.5 cm³/mol. The van der Waals surface area contributed by atoms with E-state index in [9.17, 15) is 4.79 Å². The topological polar surface area (TPSA) is 37.3 Å². The van der Waals surface area contributed by atoms with Crippen LogP contribution < -0.4 is 5.32 Å². The average molecular weight is 328 g/mol. The van der Waals surface area contributed by atoms with Crippen molar-refractivity contribution < 1.29 is 4.79 Å². The van der Waals surface area contributed by atoms with Crippen LogP contribution in [0.2, 0.25) is 0 Å². The van der Waals surface area contributed by atoms with Gasteiger partial charge in [0.15, 0.2) is 0 Å². The molecular weight excluding hydrogens is 306 g/mol. The van der Waals surface area contributed by atoms with E-state index < -0.39 is 0 Å². The molecule has 1 fully saturated rings. The summed E-state index contributed by atoms with van der Waals surface area (Å²) in [6.07, 6.45) is 4.18. The number of nitrogens with one attached hydrogen (secondary N) is 1. The van der Waals surface area contributed by atoms with E-state index in [4.69, 9.17) is 0 Å². The molecule has 0 radical (unpaired) electrons. The van der Waals surface area contributed by atoms with Gasteiger partial charge in [-0.1, -0.05) is 0 Å². The number of rotatable bonds is 4. The first kappa shape index (κ1) is 14.6. The molecule has 1 aromatic rings. The number of halogens is 1. The van der Waals surface area contributed by atoms with Gasteiger partial charge in [-0.05, 0) is 55.7 Å². The molecule has 1 atom stereocenters. The molecule has 0 unspecified atom stereocenters. The van der Waals surface area contributed by atoms with Crippen LogP contribution >= 0.6 is 15.9 Å². The zero-order valence-corrected chi connectivity index (χ0v) is 13.4. The van der Waals surface area contributed by atoms with Gasteiger partial charge >= 0.3 is 0 Å². The second-order valence-corrected chi connectivity index (χ2v) is 6.31. The number of carbonyl (C=O) groups excluding carboxylic acids is 1. The third-order valence-corrected chi connectivity index (χ3v) is 4.10. The van der Waals surface area contributed by atoms with Crippen LogP contribution in [0, 0.1) is 0 Å². The number of hydrogen-bond acceptors (Lipinski definition) is 2. The van der Waals surface area contributed by atoms with E-state index in [0.29, 0.717) is 6.04 Å². The van der Waals surface area contributed by atoms with Crippen molar-refractivity contribution in [3.05, 3.63) is 22.4 Å². The Labute approximate surface area is 123 Å². The number of aromatic nitrogens is 1. The quantitative estimate of drug-likeness (QED) is 0.923. The van der Waals surface area contributed by atoms with Gasteiger partial charge in [-0.3, -0.25) is 4.79 Å². The molecule has 1 saturated heterocycles. The van der Waals surface area contributed by atoms with Gasteiger partial charge in [-0.2, -0.15) is 0 Å². The molecule has 1 N–H and O–H groups in total. The summed E-state index contributed by atoms with van der Waals surface area (Å²) in [5.41, 5.74) is 0.782. The molecule has 19 heavy (non-hydrogen) atoms. The molecule has 0 saturated carbocycles. The predicted octanol–water partition coefficient (Wildman–Crippen LogP) is 2.66. The minimum absolute atomic E-state index is 0.150. The fraction of sp³-hybridized carbons (Fsp3) is 0.643. The Morgan fingerprint density at radius 2 is 2.32 bits per heavy atom. The van der Waals surface area contributed by atoms with Gasteiger partial charge in [0.2, 0.25) is 0 Å². The van der Waals surface area contributed by atoms with Gasteiger partial charge in [0.25, 0.3) is 5.91 Å². The van der Waals surface area contributed by atoms with Crippen molar-refractivity contribution in [1.82, 2.24) is 14.8 Å². The van der Waals surface area contributed by atoms with Gasteiger partial charge in [-0.15, -0.1) is 0 Å². The summed E-state index contributed by atoms with van der Waals surface area (Å²) in [4.78, 5) is 14.7. The van der Waals surface area contributed by atoms with Gasteiger partial charge in [0.05, 0.1) is 0 Å². The molecule has 106 valence electrons. The Kier molecular flexibility index (Phi) is 4.68. The highest BCUT2D eigenvalue weighted by Crippen LogP contribution is 2.24. The van der Waals surface area contributed by atoms with E-state index in [1.807, 2.05) is 28.8 Å². The summed E-state index contributed by atoms with van der Waals surface area (Å²) >= 11 is 3.47. The molecule has 4 nitrogen and oxygen atoms in total. The Balaban J connectivity index is 2.24. The Morgan fingerprint density at radius 3 is 2.95 bits per heavy atom. The summed E-state index contributed by atoms with van der Waals surface area (Å²) in [6.45, 7) is 5.93. The van der Waals surface area contributed by atoms with Gasteiger partial charge in [-0.25, -0.2) is 0 Å². The fourth-order valence-electron chi connectivity index (χ4n) is 2.74. The van der Waals surface area contributed by atoms with Crippen LogP contribution in [0.15, 0.2) is 16.7 Å². The summed E-state index contributed by atoms with van der Waals surface area (Å²) in [7, 11) is 1.94. The number of hydrogen-bond donors (Lipinski definition) is 1. The maximum absolute atomic E-state index is 12.7. The zero-order chi connectivity index (χ0) is 14.0. The minimum Gasteiger partial charge on any atom is -0.340 e. The summed E-state index contributed by atoms with van der Waals surface area (Å²) < 4.78 is 3.01. The molecule has 2 heterocycles. The average Bonchev–Trinajstić information content (AvgIpc) is 2.95. The Bertz CT molecular complexity index is 456. The van der Waals surface area contributed by atoms with Crippen LogP contribution in [-0.2, 0) is 0 Å². The highest BCUT2D eigenvalue weighted by molar-refractivity contribution is 9.10. The van der Waals surface area contributed by atoms with Crippen LogP contribution in [0.4, 0.5) is 0 Å². The highest BCUT2D eigenvalue weighted by atomic mass is 79.9. The van der Waals surface area contributed by atoms with Crippen molar-refractivity contribution in [2.45, 2.75) is 38.8 Å². The summed E-state index contributed by atoms with van der Waals surface area (Å²) in [5, 5.41) is 3.18. The van der Waals surface area contributed by atoms with Gasteiger partial charge in [0, 0.05) is 35.8 Å². The van der Waals surface area contributed by atoms with E-state index in [0.717, 1.165) is 36.1 Å². The molecule has 0 aromatic carbocycles. The zero-order valence-electron chi connectivity index (χ0n) is 11.8. The van der Waals surface area contributed by atoms with Gasteiger partial charge in [0.1, 0.15) is 5.69 Å². The number of carbonyl (C=O) groups is 1. The molecule has 2 rings (SSSR count). The fourth-order valence-corrected chi connectivity index (χ4v) is 3.18. The second kappa shape index (κ2) is 6.09. The molecule has 0 aliphatic carbocycles. The number of likely N-dealkylation sites (N-methyl/N-ethyl adjacent to an activating group) is 1. The van der Waals surface area contributed by atoms with E-state index in [1.54, 1.807) is 0 Å². The van der Waals surface area contributed by atoms with Crippen molar-refractivity contribution in [1.29, 1.82) is 0 Å². The lowest BCUT2D eigenvalue weighted by Gasteiger charge is -2.25. The largest absolute Gasteiger partial charge is 0.340 e. The van der Waals surface area contributed by atoms with Crippen molar-refractivity contribution in [3.8, 4) is 0 Å². The minimum atomic E-state index is 0.150. The monoisotopic (exact) mass is 327 g/mol. The lowest BCUT2D eigenvalue weighted by Crippen LogP contribution is -2.41. The second-order valence-electron chi connectivity index (χ2n) is 5.40. The first-order valence-corrected chi connectivity index (χ1v) is 7.66. The van der Waals surface area contributed by atoms with E-state index >= 15 is 0 Å². The standard InChI is InChI=1S/C14H22BrN3O/c1-10(2)18-9-11(15)7-13(18)14(19)17-6-4-5-12(17)8-16-3/h7,9-10,12,16H,4-6,8H2,1-3H3/t12-/m0/s1. The number of likely N-dealkylation sites (tertiary alicyclic amines) is 1. The smallest absolute Gasteiger partial charge is 0.270 e. The van der Waals surface area contributed by atoms with Crippen LogP contribution in [0.25, 0.3) is 0 Å². The molecule has 0 bridgehead atoms. The summed E-state index contributed by atoms with van der Waals surface area (Å²) in [5.74, 6) is 0.150. The van der Waals surface area contributed by atoms with E-state index in [2.05, 4.69) is 35.1 Å². The highest BCUT2D eigenvalue weighted by Gasteiger charge is 2.30. The molecule has 1 aliphatic rings. The molecular formula is C14H22BrN3O. The molecule has 1 amide bonds. The third-order valence-electron chi connectivity index (χ3n) is 3.67. The van der Waals surface area contributed by atoms with Crippen LogP contribution in [0.1, 0.15) is 43.2 Å². The van der Waals surface area contributed by atoms with Crippen molar-refractivity contribution in [2.75, 3.05) is 20.1 Å². The number of nitrogens with zero attached hydrogens (tertiary/aromatic N) is 2. The van der Waals surface area contributed by atoms with Crippen molar-refractivity contribution in [3.63, 3.8) is 0 Å². The molecule has 5 heteroatoms. The first-order valence-electron chi connectivity index (χ1n) is 6.87. The maximum atomic E-state index is 12.7. The molecule has 0 spiro atoms. The maximum Gasteiger partial charge on any atom is 0.270 e.